The maximum atomic E-state index is 8.60. The fraction of sp³-hybridized carbons (Fsp3) is 0.231. The molecule has 2 aromatic rings. The normalized spacial score (nSPS) is 10.0. The first-order chi connectivity index (χ1) is 7.31. The van der Waals surface area contributed by atoms with Gasteiger partial charge in [-0.15, -0.1) is 0 Å². The predicted octanol–water partition coefficient (Wildman–Crippen LogP) is 2.48. The molecule has 0 unspecified atom stereocenters. The standard InChI is InChI=1S/C13H12O2/c1-10-5-4-6-11-9-12(15-13(10)11)7-2-3-8-14/h4-6,9,14H,3,8H2,1H3. The van der Waals surface area contributed by atoms with Crippen LogP contribution < -0.4 is 0 Å². The third-order valence-electron chi connectivity index (χ3n) is 2.19. The van der Waals surface area contributed by atoms with Crippen molar-refractivity contribution < 1.29 is 9.52 Å². The van der Waals surface area contributed by atoms with E-state index in [1.165, 1.54) is 0 Å². The number of aliphatic hydroxyl groups excluding tert-OH is 1. The first-order valence-corrected chi connectivity index (χ1v) is 4.90. The Morgan fingerprint density at radius 2 is 2.27 bits per heavy atom. The van der Waals surface area contributed by atoms with Crippen molar-refractivity contribution in [2.45, 2.75) is 13.3 Å². The highest BCUT2D eigenvalue weighted by Gasteiger charge is 2.02. The highest BCUT2D eigenvalue weighted by atomic mass is 16.3. The number of para-hydroxylation sites is 1. The maximum absolute atomic E-state index is 8.60. The van der Waals surface area contributed by atoms with E-state index >= 15 is 0 Å². The van der Waals surface area contributed by atoms with Crippen molar-refractivity contribution >= 4 is 11.0 Å². The molecule has 0 bridgehead atoms. The topological polar surface area (TPSA) is 33.4 Å². The molecule has 2 heteroatoms. The van der Waals surface area contributed by atoms with Gasteiger partial charge in [0.1, 0.15) is 5.58 Å². The van der Waals surface area contributed by atoms with Crippen LogP contribution in [0, 0.1) is 18.8 Å². The fourth-order valence-corrected chi connectivity index (χ4v) is 1.48. The average Bonchev–Trinajstić information content (AvgIpc) is 2.63. The highest BCUT2D eigenvalue weighted by Crippen LogP contribution is 2.21. The van der Waals surface area contributed by atoms with E-state index in [-0.39, 0.29) is 6.61 Å². The first-order valence-electron chi connectivity index (χ1n) is 4.90. The monoisotopic (exact) mass is 200 g/mol. The predicted molar refractivity (Wildman–Crippen MR) is 59.5 cm³/mol. The Morgan fingerprint density at radius 3 is 3.00 bits per heavy atom. The molecule has 15 heavy (non-hydrogen) atoms. The minimum Gasteiger partial charge on any atom is -0.447 e. The molecule has 1 heterocycles. The molecule has 0 aliphatic carbocycles. The average molecular weight is 200 g/mol. The van der Waals surface area contributed by atoms with Crippen molar-refractivity contribution in [3.05, 3.63) is 35.6 Å². The zero-order valence-electron chi connectivity index (χ0n) is 8.58. The summed E-state index contributed by atoms with van der Waals surface area (Å²) in [4.78, 5) is 0. The van der Waals surface area contributed by atoms with Crippen LogP contribution in [0.3, 0.4) is 0 Å². The zero-order chi connectivity index (χ0) is 10.7. The second kappa shape index (κ2) is 4.20. The van der Waals surface area contributed by atoms with Crippen LogP contribution in [-0.2, 0) is 0 Å². The smallest absolute Gasteiger partial charge is 0.178 e. The highest BCUT2D eigenvalue weighted by molar-refractivity contribution is 5.81. The maximum Gasteiger partial charge on any atom is 0.178 e. The van der Waals surface area contributed by atoms with Gasteiger partial charge in [0, 0.05) is 17.9 Å². The molecule has 1 N–H and O–H groups in total. The van der Waals surface area contributed by atoms with E-state index in [4.69, 9.17) is 9.52 Å². The number of hydrogen-bond donors (Lipinski definition) is 1. The number of aryl methyl sites for hydroxylation is 1. The molecule has 0 fully saturated rings. The Kier molecular flexibility index (Phi) is 2.75. The Morgan fingerprint density at radius 1 is 1.40 bits per heavy atom. The zero-order valence-corrected chi connectivity index (χ0v) is 8.58. The molecule has 2 rings (SSSR count). The van der Waals surface area contributed by atoms with Gasteiger partial charge in [0.15, 0.2) is 5.76 Å². The van der Waals surface area contributed by atoms with Crippen molar-refractivity contribution in [1.29, 1.82) is 0 Å². The summed E-state index contributed by atoms with van der Waals surface area (Å²) >= 11 is 0. The van der Waals surface area contributed by atoms with E-state index < -0.39 is 0 Å². The van der Waals surface area contributed by atoms with E-state index in [0.29, 0.717) is 12.2 Å². The molecule has 76 valence electrons. The Hall–Kier alpha value is -1.72. The van der Waals surface area contributed by atoms with Gasteiger partial charge in [0.2, 0.25) is 0 Å². The van der Waals surface area contributed by atoms with Gasteiger partial charge in [-0.2, -0.15) is 0 Å². The number of hydrogen-bond acceptors (Lipinski definition) is 2. The van der Waals surface area contributed by atoms with Gasteiger partial charge in [-0.1, -0.05) is 24.1 Å². The summed E-state index contributed by atoms with van der Waals surface area (Å²) in [5.74, 6) is 6.38. The lowest BCUT2D eigenvalue weighted by Crippen LogP contribution is -1.75. The molecule has 0 saturated carbocycles. The molecule has 0 saturated heterocycles. The molecule has 0 spiro atoms. The second-order valence-corrected chi connectivity index (χ2v) is 3.38. The van der Waals surface area contributed by atoms with Crippen LogP contribution in [-0.4, -0.2) is 11.7 Å². The summed E-state index contributed by atoms with van der Waals surface area (Å²) in [6, 6.07) is 7.94. The van der Waals surface area contributed by atoms with Crippen molar-refractivity contribution in [3.8, 4) is 11.8 Å². The Labute approximate surface area is 88.5 Å². The number of aliphatic hydroxyl groups is 1. The van der Waals surface area contributed by atoms with E-state index in [1.54, 1.807) is 0 Å². The number of benzene rings is 1. The molecule has 0 atom stereocenters. The van der Waals surface area contributed by atoms with Crippen molar-refractivity contribution in [3.63, 3.8) is 0 Å². The minimum atomic E-state index is 0.0895. The second-order valence-electron chi connectivity index (χ2n) is 3.38. The van der Waals surface area contributed by atoms with Crippen LogP contribution in [0.4, 0.5) is 0 Å². The molecule has 1 aromatic carbocycles. The van der Waals surface area contributed by atoms with Gasteiger partial charge in [-0.3, -0.25) is 0 Å². The number of furan rings is 1. The van der Waals surface area contributed by atoms with Crippen molar-refractivity contribution in [1.82, 2.24) is 0 Å². The molecule has 0 aliphatic rings. The first kappa shape index (κ1) is 9.82. The fourth-order valence-electron chi connectivity index (χ4n) is 1.48. The van der Waals surface area contributed by atoms with Crippen LogP contribution in [0.2, 0.25) is 0 Å². The lowest BCUT2D eigenvalue weighted by atomic mass is 10.2. The third-order valence-corrected chi connectivity index (χ3v) is 2.19. The third kappa shape index (κ3) is 2.03. The van der Waals surface area contributed by atoms with E-state index in [0.717, 1.165) is 16.5 Å². The van der Waals surface area contributed by atoms with E-state index in [2.05, 4.69) is 11.8 Å². The summed E-state index contributed by atoms with van der Waals surface area (Å²) in [6.45, 7) is 2.10. The van der Waals surface area contributed by atoms with Crippen LogP contribution in [0.15, 0.2) is 28.7 Å². The van der Waals surface area contributed by atoms with E-state index in [1.807, 2.05) is 31.2 Å². The summed E-state index contributed by atoms with van der Waals surface area (Å²) < 4.78 is 5.59. The van der Waals surface area contributed by atoms with Crippen LogP contribution in [0.5, 0.6) is 0 Å². The summed E-state index contributed by atoms with van der Waals surface area (Å²) in [5, 5.41) is 9.67. The van der Waals surface area contributed by atoms with Crippen LogP contribution in [0.25, 0.3) is 11.0 Å². The summed E-state index contributed by atoms with van der Waals surface area (Å²) in [7, 11) is 0. The summed E-state index contributed by atoms with van der Waals surface area (Å²) in [5.41, 5.74) is 2.01. The minimum absolute atomic E-state index is 0.0895. The molecule has 2 nitrogen and oxygen atoms in total. The Balaban J connectivity index is 2.40. The number of rotatable bonds is 1. The van der Waals surface area contributed by atoms with Gasteiger partial charge in [0.25, 0.3) is 0 Å². The SMILES string of the molecule is Cc1cccc2cc(C#CCCO)oc12. The summed E-state index contributed by atoms with van der Waals surface area (Å²) in [6.07, 6.45) is 0.482. The van der Waals surface area contributed by atoms with Gasteiger partial charge in [-0.05, 0) is 18.4 Å². The lowest BCUT2D eigenvalue weighted by molar-refractivity contribution is 0.305. The lowest BCUT2D eigenvalue weighted by Gasteiger charge is -1.90. The van der Waals surface area contributed by atoms with E-state index in [9.17, 15) is 0 Å². The molecule has 0 aliphatic heterocycles. The largest absolute Gasteiger partial charge is 0.447 e. The van der Waals surface area contributed by atoms with Crippen LogP contribution in [0.1, 0.15) is 17.7 Å². The van der Waals surface area contributed by atoms with Gasteiger partial charge < -0.3 is 9.52 Å². The van der Waals surface area contributed by atoms with Crippen LogP contribution >= 0.6 is 0 Å². The Bertz CT molecular complexity index is 526. The molecule has 1 aromatic heterocycles. The molecule has 0 amide bonds. The molecular weight excluding hydrogens is 188 g/mol. The van der Waals surface area contributed by atoms with Gasteiger partial charge >= 0.3 is 0 Å². The van der Waals surface area contributed by atoms with Gasteiger partial charge in [0.05, 0.1) is 6.61 Å². The van der Waals surface area contributed by atoms with Crippen molar-refractivity contribution in [2.24, 2.45) is 0 Å². The van der Waals surface area contributed by atoms with Gasteiger partial charge in [-0.25, -0.2) is 0 Å². The number of fused-ring (bicyclic) bond motifs is 1. The molecule has 0 radical (unpaired) electrons. The van der Waals surface area contributed by atoms with Crippen molar-refractivity contribution in [2.75, 3.05) is 6.61 Å². The quantitative estimate of drug-likeness (QED) is 0.717. The molecular formula is C13H12O2.